The molecule has 27 heavy (non-hydrogen) atoms. The van der Waals surface area contributed by atoms with Crippen molar-refractivity contribution < 1.29 is 4.79 Å². The number of aromatic nitrogens is 1. The Morgan fingerprint density at radius 2 is 1.81 bits per heavy atom. The number of carbonyl (C=O) groups excluding carboxylic acids is 1. The highest BCUT2D eigenvalue weighted by atomic mass is 16.1. The van der Waals surface area contributed by atoms with Crippen molar-refractivity contribution >= 4 is 16.8 Å². The second kappa shape index (κ2) is 8.43. The lowest BCUT2D eigenvalue weighted by molar-refractivity contribution is 0.0940. The molecule has 3 heteroatoms. The van der Waals surface area contributed by atoms with Crippen LogP contribution in [-0.4, -0.2) is 10.5 Å². The highest BCUT2D eigenvalue weighted by Gasteiger charge is 2.13. The van der Waals surface area contributed by atoms with Gasteiger partial charge in [-0.25, -0.2) is 0 Å². The Morgan fingerprint density at radius 3 is 2.48 bits per heavy atom. The summed E-state index contributed by atoms with van der Waals surface area (Å²) in [6, 6.07) is 16.7. The summed E-state index contributed by atoms with van der Waals surface area (Å²) in [5.74, 6) is -0.0269. The van der Waals surface area contributed by atoms with Crippen LogP contribution in [-0.2, 0) is 13.0 Å². The molecule has 0 radical (unpaired) electrons. The van der Waals surface area contributed by atoms with E-state index in [2.05, 4.69) is 61.0 Å². The van der Waals surface area contributed by atoms with E-state index in [1.807, 2.05) is 25.1 Å². The molecule has 0 spiro atoms. The van der Waals surface area contributed by atoms with Crippen molar-refractivity contribution in [2.75, 3.05) is 0 Å². The van der Waals surface area contributed by atoms with Gasteiger partial charge in [0.1, 0.15) is 0 Å². The summed E-state index contributed by atoms with van der Waals surface area (Å²) in [5, 5.41) is 4.32. The summed E-state index contributed by atoms with van der Waals surface area (Å²) in [5.41, 5.74) is 5.55. The van der Waals surface area contributed by atoms with E-state index in [-0.39, 0.29) is 11.9 Å². The van der Waals surface area contributed by atoms with Crippen molar-refractivity contribution in [3.63, 3.8) is 0 Å². The van der Waals surface area contributed by atoms with Crippen LogP contribution in [0.5, 0.6) is 0 Å². The first kappa shape index (κ1) is 19.2. The standard InChI is InChI=1S/C24H30N2O/c1-5-7-8-19-9-11-20(12-10-19)18(4)25-24(27)22-14-13-21-15-17(3)26(6-2)23(21)16-22/h9-16,18H,5-8H2,1-4H3,(H,25,27)/t18-/m0/s1. The van der Waals surface area contributed by atoms with Crippen molar-refractivity contribution in [2.45, 2.75) is 59.5 Å². The molecule has 2 aromatic carbocycles. The number of hydrogen-bond donors (Lipinski definition) is 1. The molecule has 1 heterocycles. The molecule has 3 rings (SSSR count). The van der Waals surface area contributed by atoms with Gasteiger partial charge in [-0.2, -0.15) is 0 Å². The summed E-state index contributed by atoms with van der Waals surface area (Å²) >= 11 is 0. The van der Waals surface area contributed by atoms with E-state index in [1.165, 1.54) is 29.5 Å². The van der Waals surface area contributed by atoms with Gasteiger partial charge < -0.3 is 9.88 Å². The van der Waals surface area contributed by atoms with E-state index in [0.717, 1.165) is 24.0 Å². The molecular weight excluding hydrogens is 332 g/mol. The number of fused-ring (bicyclic) bond motifs is 1. The minimum absolute atomic E-state index is 0.0203. The van der Waals surface area contributed by atoms with Crippen molar-refractivity contribution in [3.05, 3.63) is 70.9 Å². The Morgan fingerprint density at radius 1 is 1.07 bits per heavy atom. The van der Waals surface area contributed by atoms with Crippen LogP contribution >= 0.6 is 0 Å². The summed E-state index contributed by atoms with van der Waals surface area (Å²) in [6.07, 6.45) is 3.54. The molecule has 0 bridgehead atoms. The highest BCUT2D eigenvalue weighted by Crippen LogP contribution is 2.22. The van der Waals surface area contributed by atoms with Gasteiger partial charge in [0.05, 0.1) is 6.04 Å². The molecule has 0 saturated carbocycles. The highest BCUT2D eigenvalue weighted by molar-refractivity contribution is 5.98. The van der Waals surface area contributed by atoms with E-state index in [1.54, 1.807) is 0 Å². The van der Waals surface area contributed by atoms with Crippen LogP contribution in [0.25, 0.3) is 10.9 Å². The molecule has 0 saturated heterocycles. The maximum absolute atomic E-state index is 12.8. The van der Waals surface area contributed by atoms with Crippen LogP contribution in [0.4, 0.5) is 0 Å². The zero-order valence-electron chi connectivity index (χ0n) is 16.9. The Labute approximate surface area is 162 Å². The molecule has 3 nitrogen and oxygen atoms in total. The van der Waals surface area contributed by atoms with Gasteiger partial charge >= 0.3 is 0 Å². The largest absolute Gasteiger partial charge is 0.346 e. The normalized spacial score (nSPS) is 12.3. The van der Waals surface area contributed by atoms with E-state index >= 15 is 0 Å². The van der Waals surface area contributed by atoms with Crippen molar-refractivity contribution in [1.82, 2.24) is 9.88 Å². The number of nitrogens with one attached hydrogen (secondary N) is 1. The molecule has 1 N–H and O–H groups in total. The van der Waals surface area contributed by atoms with Crippen molar-refractivity contribution in [3.8, 4) is 0 Å². The number of amides is 1. The van der Waals surface area contributed by atoms with Crippen LogP contribution in [0, 0.1) is 6.92 Å². The maximum atomic E-state index is 12.8. The van der Waals surface area contributed by atoms with Gasteiger partial charge in [0, 0.05) is 23.3 Å². The molecule has 0 aliphatic heterocycles. The Balaban J connectivity index is 1.73. The summed E-state index contributed by atoms with van der Waals surface area (Å²) in [6.45, 7) is 9.39. The molecular formula is C24H30N2O. The number of carbonyl (C=O) groups is 1. The molecule has 1 aromatic heterocycles. The fourth-order valence-corrected chi connectivity index (χ4v) is 3.67. The van der Waals surface area contributed by atoms with E-state index < -0.39 is 0 Å². The van der Waals surface area contributed by atoms with Crippen LogP contribution in [0.1, 0.15) is 66.8 Å². The third-order valence-corrected chi connectivity index (χ3v) is 5.34. The van der Waals surface area contributed by atoms with Crippen LogP contribution in [0.2, 0.25) is 0 Å². The van der Waals surface area contributed by atoms with Gasteiger partial charge in [-0.15, -0.1) is 0 Å². The lowest BCUT2D eigenvalue weighted by atomic mass is 10.0. The molecule has 0 fully saturated rings. The SMILES string of the molecule is CCCCc1ccc([C@H](C)NC(=O)c2ccc3cc(C)n(CC)c3c2)cc1. The predicted molar refractivity (Wildman–Crippen MR) is 113 cm³/mol. The smallest absolute Gasteiger partial charge is 0.251 e. The topological polar surface area (TPSA) is 34.0 Å². The van der Waals surface area contributed by atoms with Gasteiger partial charge in [-0.3, -0.25) is 4.79 Å². The maximum Gasteiger partial charge on any atom is 0.251 e. The Kier molecular flexibility index (Phi) is 6.00. The van der Waals surface area contributed by atoms with E-state index in [0.29, 0.717) is 5.56 Å². The third kappa shape index (κ3) is 4.24. The second-order valence-corrected chi connectivity index (χ2v) is 7.34. The predicted octanol–water partition coefficient (Wildman–Crippen LogP) is 5.80. The Hall–Kier alpha value is -2.55. The molecule has 0 aliphatic rings. The van der Waals surface area contributed by atoms with Gasteiger partial charge in [0.15, 0.2) is 0 Å². The fourth-order valence-electron chi connectivity index (χ4n) is 3.67. The molecule has 1 amide bonds. The number of unbranched alkanes of at least 4 members (excludes halogenated alkanes) is 1. The molecule has 142 valence electrons. The fraction of sp³-hybridized carbons (Fsp3) is 0.375. The quantitative estimate of drug-likeness (QED) is 0.566. The number of benzene rings is 2. The molecule has 0 unspecified atom stereocenters. The summed E-state index contributed by atoms with van der Waals surface area (Å²) in [7, 11) is 0. The summed E-state index contributed by atoms with van der Waals surface area (Å²) < 4.78 is 2.24. The number of rotatable bonds is 7. The third-order valence-electron chi connectivity index (χ3n) is 5.34. The van der Waals surface area contributed by atoms with Crippen LogP contribution < -0.4 is 5.32 Å². The number of hydrogen-bond acceptors (Lipinski definition) is 1. The number of aryl methyl sites for hydroxylation is 3. The lowest BCUT2D eigenvalue weighted by Gasteiger charge is -2.15. The average Bonchev–Trinajstić information content (AvgIpc) is 3.00. The first-order valence-corrected chi connectivity index (χ1v) is 10.0. The molecule has 1 atom stereocenters. The van der Waals surface area contributed by atoms with E-state index in [9.17, 15) is 4.79 Å². The van der Waals surface area contributed by atoms with E-state index in [4.69, 9.17) is 0 Å². The Bertz CT molecular complexity index is 921. The van der Waals surface area contributed by atoms with Crippen LogP contribution in [0.3, 0.4) is 0 Å². The van der Waals surface area contributed by atoms with Crippen molar-refractivity contribution in [2.24, 2.45) is 0 Å². The first-order valence-electron chi connectivity index (χ1n) is 10.0. The monoisotopic (exact) mass is 362 g/mol. The zero-order chi connectivity index (χ0) is 19.4. The van der Waals surface area contributed by atoms with Gasteiger partial charge in [-0.1, -0.05) is 43.7 Å². The number of nitrogens with zero attached hydrogens (tertiary/aromatic N) is 1. The minimum atomic E-state index is -0.0269. The zero-order valence-corrected chi connectivity index (χ0v) is 16.9. The van der Waals surface area contributed by atoms with Gasteiger partial charge in [-0.05, 0) is 68.3 Å². The first-order chi connectivity index (χ1) is 13.0. The lowest BCUT2D eigenvalue weighted by Crippen LogP contribution is -2.26. The second-order valence-electron chi connectivity index (χ2n) is 7.34. The minimum Gasteiger partial charge on any atom is -0.346 e. The molecule has 3 aromatic rings. The average molecular weight is 363 g/mol. The van der Waals surface area contributed by atoms with Crippen LogP contribution in [0.15, 0.2) is 48.5 Å². The molecule has 0 aliphatic carbocycles. The van der Waals surface area contributed by atoms with Gasteiger partial charge in [0.2, 0.25) is 0 Å². The van der Waals surface area contributed by atoms with Crippen molar-refractivity contribution in [1.29, 1.82) is 0 Å². The summed E-state index contributed by atoms with van der Waals surface area (Å²) in [4.78, 5) is 12.8. The van der Waals surface area contributed by atoms with Gasteiger partial charge in [0.25, 0.3) is 5.91 Å².